The van der Waals surface area contributed by atoms with Crippen LogP contribution in [0.3, 0.4) is 0 Å². The molecule has 0 atom stereocenters. The first-order valence-corrected chi connectivity index (χ1v) is 6.17. The summed E-state index contributed by atoms with van der Waals surface area (Å²) in [5, 5.41) is 4.13. The van der Waals surface area contributed by atoms with E-state index in [0.717, 1.165) is 16.9 Å². The van der Waals surface area contributed by atoms with Crippen LogP contribution in [0.15, 0.2) is 53.9 Å². The second-order valence-electron chi connectivity index (χ2n) is 4.50. The minimum atomic E-state index is 0.447. The number of nitrogens with two attached hydrogens (primary N) is 1. The van der Waals surface area contributed by atoms with Crippen molar-refractivity contribution in [2.24, 2.45) is 0 Å². The molecule has 20 heavy (non-hydrogen) atoms. The van der Waals surface area contributed by atoms with Gasteiger partial charge in [0.05, 0.1) is 0 Å². The van der Waals surface area contributed by atoms with Gasteiger partial charge in [0.2, 0.25) is 0 Å². The Bertz CT molecular complexity index is 755. The second-order valence-corrected chi connectivity index (χ2v) is 4.50. The zero-order valence-electron chi connectivity index (χ0n) is 11.1. The second kappa shape index (κ2) is 4.70. The normalized spacial score (nSPS) is 10.7. The Hall–Kier alpha value is -2.82. The van der Waals surface area contributed by atoms with Gasteiger partial charge in [-0.25, -0.2) is 4.68 Å². The van der Waals surface area contributed by atoms with Crippen molar-refractivity contribution in [2.45, 2.75) is 6.92 Å². The van der Waals surface area contributed by atoms with Gasteiger partial charge in [0.15, 0.2) is 5.76 Å². The molecule has 3 rings (SSSR count). The van der Waals surface area contributed by atoms with Crippen molar-refractivity contribution in [2.75, 3.05) is 5.73 Å². The average Bonchev–Trinajstić information content (AvgIpc) is 3.05. The highest BCUT2D eigenvalue weighted by molar-refractivity contribution is 5.67. The van der Waals surface area contributed by atoms with Gasteiger partial charge in [0, 0.05) is 30.2 Å². The first-order chi connectivity index (χ1) is 9.65. The molecule has 5 nitrogen and oxygen atoms in total. The van der Waals surface area contributed by atoms with E-state index >= 15 is 0 Å². The number of rotatable bonds is 3. The molecule has 0 aromatic carbocycles. The molecule has 3 heterocycles. The van der Waals surface area contributed by atoms with Crippen molar-refractivity contribution in [1.29, 1.82) is 0 Å². The molecule has 0 bridgehead atoms. The van der Waals surface area contributed by atoms with E-state index in [9.17, 15) is 0 Å². The number of nitrogens with zero attached hydrogens (tertiary/aromatic N) is 3. The van der Waals surface area contributed by atoms with Crippen LogP contribution in [0.2, 0.25) is 0 Å². The van der Waals surface area contributed by atoms with E-state index in [2.05, 4.69) is 16.7 Å². The maximum Gasteiger partial charge on any atom is 0.155 e. The van der Waals surface area contributed by atoms with Gasteiger partial charge in [0.1, 0.15) is 17.3 Å². The summed E-state index contributed by atoms with van der Waals surface area (Å²) in [7, 11) is 0. The van der Waals surface area contributed by atoms with E-state index in [1.165, 1.54) is 0 Å². The van der Waals surface area contributed by atoms with Crippen molar-refractivity contribution >= 4 is 11.5 Å². The summed E-state index contributed by atoms with van der Waals surface area (Å²) in [6, 6.07) is 7.50. The molecule has 5 heteroatoms. The third-order valence-electron chi connectivity index (χ3n) is 3.01. The van der Waals surface area contributed by atoms with Gasteiger partial charge in [-0.2, -0.15) is 5.10 Å². The van der Waals surface area contributed by atoms with Gasteiger partial charge in [-0.15, -0.1) is 0 Å². The first-order valence-electron chi connectivity index (χ1n) is 6.17. The molecule has 0 spiro atoms. The largest absolute Gasteiger partial charge is 0.454 e. The standard InChI is InChI=1S/C15H14N4O/c1-10-8-13(12-4-3-6-17-9-12)20-15(10)11(2)19-7-5-14(16)18-19/h3-9H,2H2,1H3,(H2,16,18). The van der Waals surface area contributed by atoms with Crippen LogP contribution in [-0.2, 0) is 0 Å². The van der Waals surface area contributed by atoms with Crippen molar-refractivity contribution in [3.63, 3.8) is 0 Å². The van der Waals surface area contributed by atoms with Crippen LogP contribution >= 0.6 is 0 Å². The zero-order chi connectivity index (χ0) is 14.1. The molecular weight excluding hydrogens is 252 g/mol. The maximum absolute atomic E-state index is 5.88. The summed E-state index contributed by atoms with van der Waals surface area (Å²) < 4.78 is 7.49. The van der Waals surface area contributed by atoms with Crippen LogP contribution < -0.4 is 5.73 Å². The molecule has 3 aromatic heterocycles. The smallest absolute Gasteiger partial charge is 0.155 e. The lowest BCUT2D eigenvalue weighted by atomic mass is 10.2. The van der Waals surface area contributed by atoms with Gasteiger partial charge in [-0.1, -0.05) is 6.58 Å². The van der Waals surface area contributed by atoms with Crippen molar-refractivity contribution < 1.29 is 4.42 Å². The lowest BCUT2D eigenvalue weighted by molar-refractivity contribution is 0.558. The lowest BCUT2D eigenvalue weighted by Gasteiger charge is -2.03. The lowest BCUT2D eigenvalue weighted by Crippen LogP contribution is -1.99. The minimum absolute atomic E-state index is 0.447. The predicted molar refractivity (Wildman–Crippen MR) is 77.7 cm³/mol. The molecule has 0 aliphatic carbocycles. The van der Waals surface area contributed by atoms with Gasteiger partial charge in [-0.05, 0) is 30.7 Å². The summed E-state index contributed by atoms with van der Waals surface area (Å²) >= 11 is 0. The first kappa shape index (κ1) is 12.2. The van der Waals surface area contributed by atoms with Crippen LogP contribution in [0.4, 0.5) is 5.82 Å². The fourth-order valence-electron chi connectivity index (χ4n) is 2.01. The van der Waals surface area contributed by atoms with E-state index in [1.54, 1.807) is 29.3 Å². The van der Waals surface area contributed by atoms with E-state index < -0.39 is 0 Å². The summed E-state index contributed by atoms with van der Waals surface area (Å²) in [6.45, 7) is 5.98. The Balaban J connectivity index is 1.99. The SMILES string of the molecule is C=C(c1oc(-c2cccnc2)cc1C)n1ccc(N)n1. The summed E-state index contributed by atoms with van der Waals surface area (Å²) in [5.41, 5.74) is 8.18. The number of anilines is 1. The Labute approximate surface area is 116 Å². The monoisotopic (exact) mass is 266 g/mol. The summed E-state index contributed by atoms with van der Waals surface area (Å²) in [4.78, 5) is 4.09. The molecule has 0 aliphatic rings. The minimum Gasteiger partial charge on any atom is -0.454 e. The molecule has 0 aliphatic heterocycles. The molecule has 2 N–H and O–H groups in total. The number of furan rings is 1. The Morgan fingerprint density at radius 3 is 2.90 bits per heavy atom. The fourth-order valence-corrected chi connectivity index (χ4v) is 2.01. The molecule has 100 valence electrons. The van der Waals surface area contributed by atoms with E-state index in [-0.39, 0.29) is 0 Å². The van der Waals surface area contributed by atoms with E-state index in [4.69, 9.17) is 10.2 Å². The molecule has 0 saturated heterocycles. The quantitative estimate of drug-likeness (QED) is 0.791. The average molecular weight is 266 g/mol. The van der Waals surface area contributed by atoms with Gasteiger partial charge >= 0.3 is 0 Å². The number of pyridine rings is 1. The highest BCUT2D eigenvalue weighted by Gasteiger charge is 2.14. The number of aryl methyl sites for hydroxylation is 1. The third kappa shape index (κ3) is 2.09. The van der Waals surface area contributed by atoms with Crippen LogP contribution in [0.1, 0.15) is 11.3 Å². The van der Waals surface area contributed by atoms with Crippen LogP contribution in [0.5, 0.6) is 0 Å². The molecule has 0 unspecified atom stereocenters. The number of aromatic nitrogens is 3. The van der Waals surface area contributed by atoms with Crippen LogP contribution in [0.25, 0.3) is 17.0 Å². The zero-order valence-corrected chi connectivity index (χ0v) is 11.1. The van der Waals surface area contributed by atoms with E-state index in [0.29, 0.717) is 17.3 Å². The molecule has 0 amide bonds. The molecule has 0 fully saturated rings. The number of hydrogen-bond acceptors (Lipinski definition) is 4. The molecule has 3 aromatic rings. The predicted octanol–water partition coefficient (Wildman–Crippen LogP) is 2.95. The summed E-state index contributed by atoms with van der Waals surface area (Å²) in [5.74, 6) is 1.89. The molecule has 0 saturated carbocycles. The third-order valence-corrected chi connectivity index (χ3v) is 3.01. The Kier molecular flexibility index (Phi) is 2.87. The number of nitrogen functional groups attached to an aromatic ring is 1. The van der Waals surface area contributed by atoms with Crippen molar-refractivity contribution in [3.05, 3.63) is 60.8 Å². The maximum atomic E-state index is 5.88. The van der Waals surface area contributed by atoms with Gasteiger partial charge < -0.3 is 10.2 Å². The van der Waals surface area contributed by atoms with Crippen LogP contribution in [-0.4, -0.2) is 14.8 Å². The Morgan fingerprint density at radius 2 is 2.25 bits per heavy atom. The van der Waals surface area contributed by atoms with Gasteiger partial charge in [-0.3, -0.25) is 4.98 Å². The van der Waals surface area contributed by atoms with Crippen molar-refractivity contribution in [3.8, 4) is 11.3 Å². The van der Waals surface area contributed by atoms with Crippen molar-refractivity contribution in [1.82, 2.24) is 14.8 Å². The highest BCUT2D eigenvalue weighted by Crippen LogP contribution is 2.29. The Morgan fingerprint density at radius 1 is 1.40 bits per heavy atom. The fraction of sp³-hybridized carbons (Fsp3) is 0.0667. The molecular formula is C15H14N4O. The summed E-state index contributed by atoms with van der Waals surface area (Å²) in [6.07, 6.45) is 5.24. The number of hydrogen-bond donors (Lipinski definition) is 1. The topological polar surface area (TPSA) is 69.9 Å². The molecule has 0 radical (unpaired) electrons. The van der Waals surface area contributed by atoms with Crippen LogP contribution in [0, 0.1) is 6.92 Å². The van der Waals surface area contributed by atoms with E-state index in [1.807, 2.05) is 25.1 Å². The van der Waals surface area contributed by atoms with Gasteiger partial charge in [0.25, 0.3) is 0 Å². The highest BCUT2D eigenvalue weighted by atomic mass is 16.3.